The highest BCUT2D eigenvalue weighted by atomic mass is 35.5. The van der Waals surface area contributed by atoms with Crippen LogP contribution in [0.3, 0.4) is 0 Å². The number of Topliss-reactive ketones (excluding diaryl/α,β-unsaturated/α-hetero) is 2. The Hall–Kier alpha value is -3.18. The van der Waals surface area contributed by atoms with Crippen LogP contribution in [0.15, 0.2) is 66.7 Å². The van der Waals surface area contributed by atoms with Crippen molar-refractivity contribution >= 4 is 44.7 Å². The molecule has 0 fully saturated rings. The van der Waals surface area contributed by atoms with Gasteiger partial charge in [-0.3, -0.25) is 9.59 Å². The quantitative estimate of drug-likeness (QED) is 0.200. The highest BCUT2D eigenvalue weighted by Gasteiger charge is 2.43. The zero-order chi connectivity index (χ0) is 25.6. The van der Waals surface area contributed by atoms with Crippen LogP contribution in [0.5, 0.6) is 0 Å². The number of halogens is 4. The third kappa shape index (κ3) is 4.41. The zero-order valence-electron chi connectivity index (χ0n) is 19.7. The molecular weight excluding hydrogens is 485 g/mol. The summed E-state index contributed by atoms with van der Waals surface area (Å²) in [6.45, 7) is 1.90. The SMILES string of the molecule is Cc1cc2ccccc2c2ccc3c(c12)C(=O)C(CCc1ccccc1Cl)C(=O)C3CCC(F)(F)F. The van der Waals surface area contributed by atoms with Gasteiger partial charge in [0.15, 0.2) is 11.6 Å². The molecule has 36 heavy (non-hydrogen) atoms. The lowest BCUT2D eigenvalue weighted by Gasteiger charge is -2.31. The number of hydrogen-bond donors (Lipinski definition) is 0. The number of hydrogen-bond acceptors (Lipinski definition) is 2. The van der Waals surface area contributed by atoms with Gasteiger partial charge in [0.05, 0.1) is 5.92 Å². The summed E-state index contributed by atoms with van der Waals surface area (Å²) < 4.78 is 39.6. The van der Waals surface area contributed by atoms with Crippen LogP contribution >= 0.6 is 11.6 Å². The predicted octanol–water partition coefficient (Wildman–Crippen LogP) is 8.40. The molecule has 1 aliphatic rings. The summed E-state index contributed by atoms with van der Waals surface area (Å²) in [6.07, 6.45) is -5.26. The molecule has 0 heterocycles. The summed E-state index contributed by atoms with van der Waals surface area (Å²) >= 11 is 6.28. The number of aryl methyl sites for hydroxylation is 2. The second kappa shape index (κ2) is 9.36. The van der Waals surface area contributed by atoms with Crippen molar-refractivity contribution in [3.05, 3.63) is 94.0 Å². The lowest BCUT2D eigenvalue weighted by Crippen LogP contribution is -2.36. The van der Waals surface area contributed by atoms with Crippen LogP contribution in [0, 0.1) is 12.8 Å². The first kappa shape index (κ1) is 24.5. The van der Waals surface area contributed by atoms with E-state index in [1.807, 2.05) is 55.5 Å². The second-order valence-corrected chi connectivity index (χ2v) is 9.93. The largest absolute Gasteiger partial charge is 0.389 e. The molecule has 4 aromatic carbocycles. The van der Waals surface area contributed by atoms with E-state index in [0.29, 0.717) is 22.6 Å². The van der Waals surface area contributed by atoms with Crippen molar-refractivity contribution in [1.29, 1.82) is 0 Å². The molecule has 0 amide bonds. The maximum atomic E-state index is 13.9. The Kier molecular flexibility index (Phi) is 6.37. The smallest absolute Gasteiger partial charge is 0.298 e. The minimum atomic E-state index is -4.39. The van der Waals surface area contributed by atoms with Gasteiger partial charge in [-0.2, -0.15) is 13.2 Å². The third-order valence-electron chi connectivity index (χ3n) is 7.26. The monoisotopic (exact) mass is 508 g/mol. The molecule has 0 saturated heterocycles. The zero-order valence-corrected chi connectivity index (χ0v) is 20.4. The Balaban J connectivity index is 1.65. The molecule has 2 unspecified atom stereocenters. The van der Waals surface area contributed by atoms with Crippen molar-refractivity contribution in [2.24, 2.45) is 5.92 Å². The van der Waals surface area contributed by atoms with E-state index >= 15 is 0 Å². The summed E-state index contributed by atoms with van der Waals surface area (Å²) in [6, 6.07) is 20.5. The van der Waals surface area contributed by atoms with E-state index in [4.69, 9.17) is 11.6 Å². The Bertz CT molecular complexity index is 1510. The molecule has 0 radical (unpaired) electrons. The molecule has 2 atom stereocenters. The number of carbonyl (C=O) groups excluding carboxylic acids is 2. The van der Waals surface area contributed by atoms with Gasteiger partial charge in [-0.15, -0.1) is 0 Å². The minimum Gasteiger partial charge on any atom is -0.298 e. The number of ketones is 2. The topological polar surface area (TPSA) is 34.1 Å². The first-order valence-electron chi connectivity index (χ1n) is 12.0. The highest BCUT2D eigenvalue weighted by Crippen LogP contribution is 2.43. The number of benzene rings is 4. The summed E-state index contributed by atoms with van der Waals surface area (Å²) in [5, 5.41) is 4.11. The fourth-order valence-corrected chi connectivity index (χ4v) is 5.79. The van der Waals surface area contributed by atoms with Crippen LogP contribution in [0.2, 0.25) is 5.02 Å². The average molecular weight is 509 g/mol. The van der Waals surface area contributed by atoms with E-state index < -0.39 is 30.2 Å². The molecule has 0 saturated carbocycles. The van der Waals surface area contributed by atoms with Gasteiger partial charge in [-0.25, -0.2) is 0 Å². The molecule has 0 bridgehead atoms. The first-order valence-corrected chi connectivity index (χ1v) is 12.4. The van der Waals surface area contributed by atoms with Crippen molar-refractivity contribution in [1.82, 2.24) is 0 Å². The second-order valence-electron chi connectivity index (χ2n) is 9.52. The van der Waals surface area contributed by atoms with E-state index in [9.17, 15) is 22.8 Å². The van der Waals surface area contributed by atoms with Gasteiger partial charge in [0.1, 0.15) is 0 Å². The molecule has 0 aromatic heterocycles. The van der Waals surface area contributed by atoms with Crippen molar-refractivity contribution in [2.75, 3.05) is 0 Å². The normalized spacial score (nSPS) is 18.1. The first-order chi connectivity index (χ1) is 17.2. The molecule has 5 rings (SSSR count). The Labute approximate surface area is 212 Å². The van der Waals surface area contributed by atoms with Crippen molar-refractivity contribution in [3.8, 4) is 0 Å². The van der Waals surface area contributed by atoms with E-state index in [1.165, 1.54) is 0 Å². The van der Waals surface area contributed by atoms with Crippen LogP contribution in [-0.4, -0.2) is 17.7 Å². The lowest BCUT2D eigenvalue weighted by atomic mass is 9.70. The third-order valence-corrected chi connectivity index (χ3v) is 7.63. The van der Waals surface area contributed by atoms with Crippen molar-refractivity contribution in [2.45, 2.75) is 44.7 Å². The van der Waals surface area contributed by atoms with Crippen LogP contribution in [0.4, 0.5) is 13.2 Å². The molecule has 0 aliphatic heterocycles. The number of alkyl halides is 3. The van der Waals surface area contributed by atoms with Gasteiger partial charge in [0, 0.05) is 22.9 Å². The molecular formula is C30H24ClF3O2. The standard InChI is InChI=1S/C30H24ClF3O2/c1-17-16-19-7-2-4-8-20(19)21-12-13-22-23(14-15-30(32,33)34)28(35)24(29(36)27(22)26(17)21)11-10-18-6-3-5-9-25(18)31/h2-9,12-13,16,23-24H,10-11,14-15H2,1H3. The van der Waals surface area contributed by atoms with Gasteiger partial charge in [0.2, 0.25) is 0 Å². The summed E-state index contributed by atoms with van der Waals surface area (Å²) in [4.78, 5) is 27.4. The minimum absolute atomic E-state index is 0.201. The maximum absolute atomic E-state index is 13.9. The predicted molar refractivity (Wildman–Crippen MR) is 137 cm³/mol. The lowest BCUT2D eigenvalue weighted by molar-refractivity contribution is -0.139. The fourth-order valence-electron chi connectivity index (χ4n) is 5.56. The fraction of sp³-hybridized carbons (Fsp3) is 0.267. The molecule has 2 nitrogen and oxygen atoms in total. The van der Waals surface area contributed by atoms with E-state index in [1.54, 1.807) is 18.2 Å². The summed E-state index contributed by atoms with van der Waals surface area (Å²) in [5.41, 5.74) is 2.47. The number of rotatable bonds is 5. The van der Waals surface area contributed by atoms with E-state index in [0.717, 1.165) is 32.7 Å². The molecule has 0 N–H and O–H groups in total. The van der Waals surface area contributed by atoms with Crippen molar-refractivity contribution < 1.29 is 22.8 Å². The average Bonchev–Trinajstić information content (AvgIpc) is 2.83. The number of fused-ring (bicyclic) bond motifs is 5. The van der Waals surface area contributed by atoms with Gasteiger partial charge in [0.25, 0.3) is 0 Å². The maximum Gasteiger partial charge on any atom is 0.389 e. The van der Waals surface area contributed by atoms with Crippen molar-refractivity contribution in [3.63, 3.8) is 0 Å². The Morgan fingerprint density at radius 3 is 2.33 bits per heavy atom. The van der Waals surface area contributed by atoms with Crippen LogP contribution < -0.4 is 0 Å². The van der Waals surface area contributed by atoms with Crippen LogP contribution in [0.25, 0.3) is 21.5 Å². The van der Waals surface area contributed by atoms with Crippen LogP contribution in [-0.2, 0) is 11.2 Å². The van der Waals surface area contributed by atoms with Gasteiger partial charge >= 0.3 is 6.18 Å². The summed E-state index contributed by atoms with van der Waals surface area (Å²) in [5.74, 6) is -2.73. The van der Waals surface area contributed by atoms with Gasteiger partial charge in [-0.1, -0.05) is 72.3 Å². The Morgan fingerprint density at radius 2 is 1.58 bits per heavy atom. The molecule has 6 heteroatoms. The molecule has 1 aliphatic carbocycles. The highest BCUT2D eigenvalue weighted by molar-refractivity contribution is 6.31. The van der Waals surface area contributed by atoms with Gasteiger partial charge < -0.3 is 0 Å². The number of carbonyl (C=O) groups is 2. The Morgan fingerprint density at radius 1 is 0.861 bits per heavy atom. The molecule has 184 valence electrons. The van der Waals surface area contributed by atoms with E-state index in [-0.39, 0.29) is 18.6 Å². The van der Waals surface area contributed by atoms with E-state index in [2.05, 4.69) is 0 Å². The molecule has 4 aromatic rings. The summed E-state index contributed by atoms with van der Waals surface area (Å²) in [7, 11) is 0. The molecule has 0 spiro atoms. The van der Waals surface area contributed by atoms with Crippen LogP contribution in [0.1, 0.15) is 52.2 Å². The van der Waals surface area contributed by atoms with Gasteiger partial charge in [-0.05, 0) is 70.5 Å².